The molecule has 4 heteroatoms. The molecule has 2 aliphatic rings. The molecule has 2 N–H and O–H groups in total. The van der Waals surface area contributed by atoms with Gasteiger partial charge in [-0.15, -0.1) is 11.3 Å². The van der Waals surface area contributed by atoms with Crippen molar-refractivity contribution in [3.8, 4) is 0 Å². The fraction of sp³-hybridized carbons (Fsp3) is 0.769. The molecular weight excluding hydrogens is 232 g/mol. The second-order valence-electron chi connectivity index (χ2n) is 5.39. The number of nitrogens with zero attached hydrogens (tertiary/aromatic N) is 1. The van der Waals surface area contributed by atoms with Gasteiger partial charge in [-0.2, -0.15) is 0 Å². The summed E-state index contributed by atoms with van der Waals surface area (Å²) in [5.41, 5.74) is 7.63. The predicted octanol–water partition coefficient (Wildman–Crippen LogP) is 2.37. The van der Waals surface area contributed by atoms with Crippen LogP contribution in [0.1, 0.15) is 48.2 Å². The Bertz CT molecular complexity index is 394. The van der Waals surface area contributed by atoms with Gasteiger partial charge in [-0.05, 0) is 45.4 Å². The van der Waals surface area contributed by atoms with Gasteiger partial charge in [0.2, 0.25) is 0 Å². The van der Waals surface area contributed by atoms with Gasteiger partial charge in [0.1, 0.15) is 5.01 Å². The fourth-order valence-corrected chi connectivity index (χ4v) is 4.17. The molecule has 0 amide bonds. The van der Waals surface area contributed by atoms with Crippen LogP contribution in [0.2, 0.25) is 0 Å². The monoisotopic (exact) mass is 252 g/mol. The molecule has 17 heavy (non-hydrogen) atoms. The predicted molar refractivity (Wildman–Crippen MR) is 69.3 cm³/mol. The van der Waals surface area contributed by atoms with Gasteiger partial charge in [0.15, 0.2) is 0 Å². The Kier molecular flexibility index (Phi) is 2.97. The van der Waals surface area contributed by atoms with Crippen LogP contribution in [0, 0.1) is 0 Å². The first-order valence-electron chi connectivity index (χ1n) is 6.57. The van der Waals surface area contributed by atoms with Gasteiger partial charge < -0.3 is 10.5 Å². The van der Waals surface area contributed by atoms with Crippen molar-refractivity contribution in [1.29, 1.82) is 0 Å². The third-order valence-corrected chi connectivity index (χ3v) is 5.25. The second-order valence-corrected chi connectivity index (χ2v) is 6.47. The number of nitrogens with two attached hydrogens (primary N) is 1. The second kappa shape index (κ2) is 4.34. The molecule has 1 aliphatic carbocycles. The third-order valence-electron chi connectivity index (χ3n) is 3.87. The Labute approximate surface area is 106 Å². The number of ether oxygens (including phenoxy) is 1. The van der Waals surface area contributed by atoms with Crippen LogP contribution in [0.5, 0.6) is 0 Å². The number of aromatic nitrogens is 1. The number of hydrogen-bond donors (Lipinski definition) is 1. The minimum Gasteiger partial charge on any atom is -0.378 e. The topological polar surface area (TPSA) is 48.1 Å². The summed E-state index contributed by atoms with van der Waals surface area (Å²) >= 11 is 1.85. The normalized spacial score (nSPS) is 33.4. The Morgan fingerprint density at radius 3 is 3.00 bits per heavy atom. The minimum absolute atomic E-state index is 0.236. The molecule has 0 spiro atoms. The van der Waals surface area contributed by atoms with Crippen LogP contribution in [0.15, 0.2) is 0 Å². The fourth-order valence-electron chi connectivity index (χ4n) is 2.88. The van der Waals surface area contributed by atoms with Crippen molar-refractivity contribution in [3.63, 3.8) is 0 Å². The summed E-state index contributed by atoms with van der Waals surface area (Å²) in [5.74, 6) is 0. The van der Waals surface area contributed by atoms with Gasteiger partial charge in [-0.1, -0.05) is 0 Å². The van der Waals surface area contributed by atoms with E-state index in [1.807, 2.05) is 11.3 Å². The number of fused-ring (bicyclic) bond motifs is 1. The molecule has 0 radical (unpaired) electrons. The number of thiazole rings is 1. The summed E-state index contributed by atoms with van der Waals surface area (Å²) in [6.45, 7) is 2.87. The molecule has 3 rings (SSSR count). The molecule has 0 saturated carbocycles. The number of hydrogen-bond acceptors (Lipinski definition) is 4. The van der Waals surface area contributed by atoms with Crippen molar-refractivity contribution < 1.29 is 4.74 Å². The van der Waals surface area contributed by atoms with Crippen molar-refractivity contribution in [2.45, 2.75) is 57.1 Å². The van der Waals surface area contributed by atoms with E-state index in [0.717, 1.165) is 30.9 Å². The quantitative estimate of drug-likeness (QED) is 0.834. The van der Waals surface area contributed by atoms with E-state index in [2.05, 4.69) is 6.92 Å². The summed E-state index contributed by atoms with van der Waals surface area (Å²) in [6.07, 6.45) is 7.01. The summed E-state index contributed by atoms with van der Waals surface area (Å²) in [5, 5.41) is 1.15. The molecule has 2 heterocycles. The highest BCUT2D eigenvalue weighted by molar-refractivity contribution is 7.11. The minimum atomic E-state index is -0.236. The van der Waals surface area contributed by atoms with E-state index in [9.17, 15) is 0 Å². The molecular formula is C13H20N2OS. The molecule has 0 aromatic carbocycles. The molecule has 1 aromatic rings. The van der Waals surface area contributed by atoms with Crippen molar-refractivity contribution in [1.82, 2.24) is 4.98 Å². The average Bonchev–Trinajstić information content (AvgIpc) is 2.73. The van der Waals surface area contributed by atoms with Crippen LogP contribution in [-0.4, -0.2) is 17.7 Å². The highest BCUT2D eigenvalue weighted by Crippen LogP contribution is 2.37. The van der Waals surface area contributed by atoms with E-state index in [1.165, 1.54) is 29.8 Å². The first-order chi connectivity index (χ1) is 8.17. The summed E-state index contributed by atoms with van der Waals surface area (Å²) < 4.78 is 5.59. The van der Waals surface area contributed by atoms with Gasteiger partial charge in [0, 0.05) is 11.5 Å². The van der Waals surface area contributed by atoms with Crippen molar-refractivity contribution in [2.75, 3.05) is 6.61 Å². The summed E-state index contributed by atoms with van der Waals surface area (Å²) in [6, 6.07) is 0. The Morgan fingerprint density at radius 2 is 2.24 bits per heavy atom. The van der Waals surface area contributed by atoms with E-state index in [1.54, 1.807) is 0 Å². The van der Waals surface area contributed by atoms with Gasteiger partial charge in [-0.25, -0.2) is 4.98 Å². The number of rotatable bonds is 1. The van der Waals surface area contributed by atoms with E-state index >= 15 is 0 Å². The lowest BCUT2D eigenvalue weighted by Gasteiger charge is -2.35. The molecule has 94 valence electrons. The molecule has 2 unspecified atom stereocenters. The zero-order chi connectivity index (χ0) is 11.9. The highest BCUT2D eigenvalue weighted by atomic mass is 32.1. The SMILES string of the molecule is CC1CC(N)(c2nc3c(s2)CCCC3)CCO1. The molecule has 2 atom stereocenters. The highest BCUT2D eigenvalue weighted by Gasteiger charge is 2.37. The maximum absolute atomic E-state index is 6.55. The lowest BCUT2D eigenvalue weighted by molar-refractivity contribution is -0.00895. The van der Waals surface area contributed by atoms with Crippen LogP contribution in [0.3, 0.4) is 0 Å². The van der Waals surface area contributed by atoms with Gasteiger partial charge in [0.25, 0.3) is 0 Å². The molecule has 0 bridgehead atoms. The third kappa shape index (κ3) is 2.14. The van der Waals surface area contributed by atoms with E-state index < -0.39 is 0 Å². The van der Waals surface area contributed by atoms with Gasteiger partial charge in [-0.3, -0.25) is 0 Å². The Morgan fingerprint density at radius 1 is 1.41 bits per heavy atom. The first-order valence-corrected chi connectivity index (χ1v) is 7.38. The van der Waals surface area contributed by atoms with Crippen molar-refractivity contribution in [2.24, 2.45) is 5.73 Å². The van der Waals surface area contributed by atoms with Gasteiger partial charge >= 0.3 is 0 Å². The summed E-state index contributed by atoms with van der Waals surface area (Å²) in [4.78, 5) is 6.30. The van der Waals surface area contributed by atoms with Crippen LogP contribution in [0.4, 0.5) is 0 Å². The van der Waals surface area contributed by atoms with Crippen molar-refractivity contribution in [3.05, 3.63) is 15.6 Å². The standard InChI is InChI=1S/C13H20N2OS/c1-9-8-13(14,6-7-16-9)12-15-10-4-2-3-5-11(10)17-12/h9H,2-8,14H2,1H3. The maximum atomic E-state index is 6.55. The number of aryl methyl sites for hydroxylation is 2. The van der Waals surface area contributed by atoms with Gasteiger partial charge in [0.05, 0.1) is 17.3 Å². The smallest absolute Gasteiger partial charge is 0.113 e. The lowest BCUT2D eigenvalue weighted by Crippen LogP contribution is -2.44. The molecule has 1 aliphatic heterocycles. The zero-order valence-corrected chi connectivity index (χ0v) is 11.2. The Hall–Kier alpha value is -0.450. The molecule has 1 aromatic heterocycles. The summed E-state index contributed by atoms with van der Waals surface area (Å²) in [7, 11) is 0. The maximum Gasteiger partial charge on any atom is 0.113 e. The Balaban J connectivity index is 1.89. The lowest BCUT2D eigenvalue weighted by atomic mass is 9.89. The van der Waals surface area contributed by atoms with Crippen LogP contribution in [0.25, 0.3) is 0 Å². The average molecular weight is 252 g/mol. The van der Waals surface area contributed by atoms with Crippen LogP contribution >= 0.6 is 11.3 Å². The van der Waals surface area contributed by atoms with Crippen molar-refractivity contribution >= 4 is 11.3 Å². The zero-order valence-electron chi connectivity index (χ0n) is 10.4. The largest absolute Gasteiger partial charge is 0.378 e. The molecule has 3 nitrogen and oxygen atoms in total. The molecule has 1 saturated heterocycles. The van der Waals surface area contributed by atoms with E-state index in [4.69, 9.17) is 15.5 Å². The van der Waals surface area contributed by atoms with E-state index in [0.29, 0.717) is 0 Å². The first kappa shape index (κ1) is 11.6. The van der Waals surface area contributed by atoms with Crippen LogP contribution < -0.4 is 5.73 Å². The van der Waals surface area contributed by atoms with E-state index in [-0.39, 0.29) is 11.6 Å². The molecule has 1 fully saturated rings. The van der Waals surface area contributed by atoms with Crippen LogP contribution in [-0.2, 0) is 23.1 Å².